The molecule has 0 saturated carbocycles. The van der Waals surface area contributed by atoms with Crippen LogP contribution in [0.1, 0.15) is 24.6 Å². The third-order valence-corrected chi connectivity index (χ3v) is 2.11. The molecule has 1 aromatic rings. The number of nitrogens with zero attached hydrogens (tertiary/aromatic N) is 2. The normalized spacial score (nSPS) is 10.5. The zero-order valence-electron chi connectivity index (χ0n) is 9.80. The number of esters is 1. The first-order valence-corrected chi connectivity index (χ1v) is 5.17. The lowest BCUT2D eigenvalue weighted by Crippen LogP contribution is -2.11. The first-order chi connectivity index (χ1) is 8.86. The van der Waals surface area contributed by atoms with E-state index >= 15 is 0 Å². The highest BCUT2D eigenvalue weighted by Gasteiger charge is 2.28. The molecule has 7 nitrogen and oxygen atoms in total. The second-order valence-electron chi connectivity index (χ2n) is 3.42. The molecule has 1 rings (SSSR count). The van der Waals surface area contributed by atoms with Crippen LogP contribution in [0.2, 0.25) is 0 Å². The number of halogens is 2. The molecule has 9 heteroatoms. The summed E-state index contributed by atoms with van der Waals surface area (Å²) in [6, 6.07) is 0.726. The third-order valence-electron chi connectivity index (χ3n) is 2.11. The van der Waals surface area contributed by atoms with E-state index in [0.717, 1.165) is 6.07 Å². The summed E-state index contributed by atoms with van der Waals surface area (Å²) < 4.78 is 29.5. The van der Waals surface area contributed by atoms with Gasteiger partial charge in [0.05, 0.1) is 18.6 Å². The Morgan fingerprint density at radius 1 is 1.63 bits per heavy atom. The van der Waals surface area contributed by atoms with Crippen LogP contribution in [0.3, 0.4) is 0 Å². The molecule has 0 atom stereocenters. The first-order valence-electron chi connectivity index (χ1n) is 5.17. The molecular formula is C10H10F2N2O5. The van der Waals surface area contributed by atoms with E-state index in [4.69, 9.17) is 0 Å². The van der Waals surface area contributed by atoms with E-state index in [1.165, 1.54) is 0 Å². The van der Waals surface area contributed by atoms with Gasteiger partial charge < -0.3 is 20.0 Å². The van der Waals surface area contributed by atoms with Crippen molar-refractivity contribution in [1.29, 1.82) is 0 Å². The van der Waals surface area contributed by atoms with Crippen molar-refractivity contribution < 1.29 is 28.3 Å². The summed E-state index contributed by atoms with van der Waals surface area (Å²) in [6.07, 6.45) is -3.69. The molecule has 0 saturated heterocycles. The fourth-order valence-corrected chi connectivity index (χ4v) is 1.36. The highest BCUT2D eigenvalue weighted by atomic mass is 19.3. The average Bonchev–Trinajstić information content (AvgIpc) is 2.28. The molecule has 1 N–H and O–H groups in total. The van der Waals surface area contributed by atoms with Crippen molar-refractivity contribution in [2.24, 2.45) is 0 Å². The summed E-state index contributed by atoms with van der Waals surface area (Å²) in [7, 11) is 0. The Balaban J connectivity index is 3.20. The second-order valence-corrected chi connectivity index (χ2v) is 3.42. The summed E-state index contributed by atoms with van der Waals surface area (Å²) in [5.74, 6) is -2.59. The number of hydrogen-bond donors (Lipinski definition) is 1. The summed E-state index contributed by atoms with van der Waals surface area (Å²) in [5.41, 5.74) is -1.38. The quantitative estimate of drug-likeness (QED) is 0.499. The zero-order chi connectivity index (χ0) is 14.6. The Bertz CT molecular complexity index is 507. The highest BCUT2D eigenvalue weighted by Crippen LogP contribution is 2.31. The van der Waals surface area contributed by atoms with Crippen LogP contribution in [0.4, 0.5) is 14.6 Å². The molecule has 1 aromatic heterocycles. The molecule has 0 radical (unpaired) electrons. The number of carbonyl (C=O) groups is 1. The molecule has 0 unspecified atom stereocenters. The predicted octanol–water partition coefficient (Wildman–Crippen LogP) is 1.74. The van der Waals surface area contributed by atoms with E-state index in [1.807, 2.05) is 0 Å². The van der Waals surface area contributed by atoms with E-state index in [2.05, 4.69) is 9.72 Å². The molecule has 0 aliphatic rings. The number of hydrogen-bond acceptors (Lipinski definition) is 6. The standard InChI is InChI=1S/C10H10F2N2O5/c1-2-19-7(16)4-5-3-6(15)8(9(11)12)13-10(5)14(17)18/h3,9,15H,2,4H2,1H3. The highest BCUT2D eigenvalue weighted by molar-refractivity contribution is 5.74. The van der Waals surface area contributed by atoms with Gasteiger partial charge in [0, 0.05) is 0 Å². The monoisotopic (exact) mass is 276 g/mol. The summed E-state index contributed by atoms with van der Waals surface area (Å²) in [6.45, 7) is 1.61. The van der Waals surface area contributed by atoms with Crippen LogP contribution in [-0.2, 0) is 16.0 Å². The molecule has 1 heterocycles. The fourth-order valence-electron chi connectivity index (χ4n) is 1.36. The molecule has 19 heavy (non-hydrogen) atoms. The first kappa shape index (κ1) is 14.7. The van der Waals surface area contributed by atoms with Gasteiger partial charge in [0.1, 0.15) is 0 Å². The van der Waals surface area contributed by atoms with Gasteiger partial charge in [-0.1, -0.05) is 0 Å². The topological polar surface area (TPSA) is 103 Å². The maximum Gasteiger partial charge on any atom is 0.368 e. The van der Waals surface area contributed by atoms with Gasteiger partial charge >= 0.3 is 18.2 Å². The van der Waals surface area contributed by atoms with Crippen LogP contribution in [-0.4, -0.2) is 27.6 Å². The van der Waals surface area contributed by atoms with Crippen LogP contribution in [0.5, 0.6) is 5.75 Å². The van der Waals surface area contributed by atoms with Crippen molar-refractivity contribution in [2.75, 3.05) is 6.61 Å². The SMILES string of the molecule is CCOC(=O)Cc1cc(O)c(C(F)F)nc1[N+](=O)[O-]. The van der Waals surface area contributed by atoms with Gasteiger partial charge in [-0.15, -0.1) is 0 Å². The van der Waals surface area contributed by atoms with Crippen LogP contribution < -0.4 is 0 Å². The fraction of sp³-hybridized carbons (Fsp3) is 0.400. The molecular weight excluding hydrogens is 266 g/mol. The number of carbonyl (C=O) groups excluding carboxylic acids is 1. The van der Waals surface area contributed by atoms with Crippen LogP contribution in [0.25, 0.3) is 0 Å². The smallest absolute Gasteiger partial charge is 0.368 e. The Morgan fingerprint density at radius 2 is 2.26 bits per heavy atom. The molecule has 0 aliphatic carbocycles. The van der Waals surface area contributed by atoms with Crippen LogP contribution in [0, 0.1) is 10.1 Å². The van der Waals surface area contributed by atoms with Gasteiger partial charge in [-0.3, -0.25) is 4.79 Å². The lowest BCUT2D eigenvalue weighted by Gasteiger charge is -2.05. The van der Waals surface area contributed by atoms with Crippen molar-refractivity contribution in [2.45, 2.75) is 19.8 Å². The number of aromatic nitrogens is 1. The predicted molar refractivity (Wildman–Crippen MR) is 57.9 cm³/mol. The number of alkyl halides is 2. The van der Waals surface area contributed by atoms with Crippen molar-refractivity contribution >= 4 is 11.8 Å². The molecule has 0 amide bonds. The van der Waals surface area contributed by atoms with Gasteiger partial charge in [-0.05, 0) is 22.9 Å². The van der Waals surface area contributed by atoms with E-state index < -0.39 is 41.0 Å². The molecule has 0 fully saturated rings. The summed E-state index contributed by atoms with van der Waals surface area (Å²) in [5, 5.41) is 20.0. The van der Waals surface area contributed by atoms with Gasteiger partial charge in [0.2, 0.25) is 0 Å². The number of aromatic hydroxyl groups is 1. The number of pyridine rings is 1. The summed E-state index contributed by atoms with van der Waals surface area (Å²) >= 11 is 0. The molecule has 0 aromatic carbocycles. The molecule has 104 valence electrons. The van der Waals surface area contributed by atoms with E-state index in [9.17, 15) is 28.8 Å². The lowest BCUT2D eigenvalue weighted by molar-refractivity contribution is -0.390. The minimum atomic E-state index is -3.16. The van der Waals surface area contributed by atoms with E-state index in [0.29, 0.717) is 0 Å². The van der Waals surface area contributed by atoms with Gasteiger partial charge in [-0.25, -0.2) is 8.78 Å². The largest absolute Gasteiger partial charge is 0.504 e. The van der Waals surface area contributed by atoms with Crippen molar-refractivity contribution in [3.8, 4) is 5.75 Å². The molecule has 0 spiro atoms. The zero-order valence-corrected chi connectivity index (χ0v) is 9.80. The van der Waals surface area contributed by atoms with Gasteiger partial charge in [0.15, 0.2) is 5.75 Å². The van der Waals surface area contributed by atoms with Gasteiger partial charge in [0.25, 0.3) is 5.69 Å². The number of rotatable bonds is 5. The van der Waals surface area contributed by atoms with Crippen molar-refractivity contribution in [3.05, 3.63) is 27.4 Å². The Morgan fingerprint density at radius 3 is 2.74 bits per heavy atom. The molecule has 0 bridgehead atoms. The number of nitro groups is 1. The van der Waals surface area contributed by atoms with Crippen molar-refractivity contribution in [1.82, 2.24) is 4.98 Å². The summed E-state index contributed by atoms with van der Waals surface area (Å²) in [4.78, 5) is 24.0. The molecule has 0 aliphatic heterocycles. The minimum Gasteiger partial charge on any atom is -0.504 e. The second kappa shape index (κ2) is 6.03. The Kier molecular flexibility index (Phi) is 4.67. The number of ether oxygens (including phenoxy) is 1. The Hall–Kier alpha value is -2.32. The van der Waals surface area contributed by atoms with E-state index in [1.54, 1.807) is 6.92 Å². The van der Waals surface area contributed by atoms with Gasteiger partial charge in [-0.2, -0.15) is 0 Å². The lowest BCUT2D eigenvalue weighted by atomic mass is 10.1. The van der Waals surface area contributed by atoms with Crippen LogP contribution >= 0.6 is 0 Å². The van der Waals surface area contributed by atoms with Crippen molar-refractivity contribution in [3.63, 3.8) is 0 Å². The Labute approximate surface area is 106 Å². The minimum absolute atomic E-state index is 0.0706. The maximum atomic E-state index is 12.4. The van der Waals surface area contributed by atoms with Crippen LogP contribution in [0.15, 0.2) is 6.07 Å². The van der Waals surface area contributed by atoms with E-state index in [-0.39, 0.29) is 12.2 Å². The third kappa shape index (κ3) is 3.57. The maximum absolute atomic E-state index is 12.4. The average molecular weight is 276 g/mol.